The second-order valence-corrected chi connectivity index (χ2v) is 9.23. The number of likely N-dealkylation sites (N-methyl/N-ethyl adjacent to an activating group) is 1. The lowest BCUT2D eigenvalue weighted by Gasteiger charge is -2.37. The molecule has 0 saturated carbocycles. The van der Waals surface area contributed by atoms with Gasteiger partial charge in [0.15, 0.2) is 17.3 Å². The van der Waals surface area contributed by atoms with Gasteiger partial charge in [-0.05, 0) is 41.3 Å². The monoisotopic (exact) mass is 483 g/mol. The van der Waals surface area contributed by atoms with E-state index in [1.54, 1.807) is 14.2 Å². The molecule has 2 unspecified atom stereocenters. The molecule has 36 heavy (non-hydrogen) atoms. The van der Waals surface area contributed by atoms with E-state index in [4.69, 9.17) is 20.2 Å². The van der Waals surface area contributed by atoms with Gasteiger partial charge in [0.25, 0.3) is 5.91 Å². The number of nitrogens with zero attached hydrogens (tertiary/aromatic N) is 2. The Labute approximate surface area is 210 Å². The molecule has 2 N–H and O–H groups in total. The third kappa shape index (κ3) is 4.16. The molecule has 5 rings (SSSR count). The van der Waals surface area contributed by atoms with Gasteiger partial charge in [-0.15, -0.1) is 0 Å². The average molecular weight is 484 g/mol. The lowest BCUT2D eigenvalue weighted by atomic mass is 9.79. The quantitative estimate of drug-likeness (QED) is 0.395. The highest BCUT2D eigenvalue weighted by molar-refractivity contribution is 6.07. The number of nitrogens with two attached hydrogens (primary N) is 1. The second kappa shape index (κ2) is 9.59. The van der Waals surface area contributed by atoms with Crippen LogP contribution in [0.25, 0.3) is 11.1 Å². The predicted molar refractivity (Wildman–Crippen MR) is 138 cm³/mol. The number of carbonyl (C=O) groups excluding carboxylic acids is 2. The number of hydrogen-bond acceptors (Lipinski definition) is 6. The first-order chi connectivity index (χ1) is 17.4. The summed E-state index contributed by atoms with van der Waals surface area (Å²) in [7, 11) is 3.27. The summed E-state index contributed by atoms with van der Waals surface area (Å²) in [5.41, 5.74) is 9.02. The standard InChI is InChI=1S/C29H29N3O4/c1-32-27(34)29(31-28(32)30)18-26(19-8-4-3-5-9-19)36-25-14-13-21(17-23(25)29)20-10-6-11-22(16-20)24(33)12-7-15-35-2/h3-6,8-11,13-14,16-17,26H,7,12,15,18H2,1-2H3,(H2,30,31). The summed E-state index contributed by atoms with van der Waals surface area (Å²) in [6.45, 7) is 0.550. The van der Waals surface area contributed by atoms with Gasteiger partial charge < -0.3 is 15.2 Å². The van der Waals surface area contributed by atoms with Gasteiger partial charge in [0.1, 0.15) is 11.9 Å². The fourth-order valence-corrected chi connectivity index (χ4v) is 4.96. The molecule has 184 valence electrons. The van der Waals surface area contributed by atoms with Crippen LogP contribution in [0.5, 0.6) is 5.75 Å². The summed E-state index contributed by atoms with van der Waals surface area (Å²) < 4.78 is 11.4. The van der Waals surface area contributed by atoms with Crippen molar-refractivity contribution in [1.29, 1.82) is 0 Å². The van der Waals surface area contributed by atoms with Crippen molar-refractivity contribution in [2.24, 2.45) is 10.7 Å². The Kier molecular flexibility index (Phi) is 6.33. The highest BCUT2D eigenvalue weighted by Crippen LogP contribution is 2.50. The normalized spacial score (nSPS) is 20.7. The van der Waals surface area contributed by atoms with E-state index < -0.39 is 5.54 Å². The maximum Gasteiger partial charge on any atom is 0.261 e. The van der Waals surface area contributed by atoms with Crippen molar-refractivity contribution in [1.82, 2.24) is 4.90 Å². The van der Waals surface area contributed by atoms with Gasteiger partial charge in [-0.2, -0.15) is 0 Å². The summed E-state index contributed by atoms with van der Waals surface area (Å²) in [4.78, 5) is 32.3. The number of fused-ring (bicyclic) bond motifs is 2. The molecule has 2 atom stereocenters. The van der Waals surface area contributed by atoms with E-state index in [9.17, 15) is 9.59 Å². The van der Waals surface area contributed by atoms with Crippen molar-refractivity contribution in [2.45, 2.75) is 30.9 Å². The molecular weight excluding hydrogens is 454 g/mol. The fourth-order valence-electron chi connectivity index (χ4n) is 4.96. The third-order valence-corrected chi connectivity index (χ3v) is 6.92. The van der Waals surface area contributed by atoms with Crippen LogP contribution in [0.2, 0.25) is 0 Å². The summed E-state index contributed by atoms with van der Waals surface area (Å²) >= 11 is 0. The van der Waals surface area contributed by atoms with Crippen molar-refractivity contribution in [3.05, 3.63) is 89.5 Å². The van der Waals surface area contributed by atoms with Crippen LogP contribution in [-0.2, 0) is 15.1 Å². The predicted octanol–water partition coefficient (Wildman–Crippen LogP) is 4.47. The van der Waals surface area contributed by atoms with E-state index in [-0.39, 0.29) is 23.8 Å². The number of amides is 1. The van der Waals surface area contributed by atoms with E-state index in [0.29, 0.717) is 42.7 Å². The zero-order valence-electron chi connectivity index (χ0n) is 20.4. The maximum absolute atomic E-state index is 13.6. The third-order valence-electron chi connectivity index (χ3n) is 6.92. The van der Waals surface area contributed by atoms with Crippen molar-refractivity contribution in [3.8, 4) is 16.9 Å². The molecule has 2 aliphatic rings. The molecule has 7 heteroatoms. The van der Waals surface area contributed by atoms with Crippen LogP contribution in [0, 0.1) is 0 Å². The van der Waals surface area contributed by atoms with E-state index in [1.165, 1.54) is 4.90 Å². The van der Waals surface area contributed by atoms with Crippen molar-refractivity contribution >= 4 is 17.6 Å². The van der Waals surface area contributed by atoms with Gasteiger partial charge in [-0.3, -0.25) is 14.5 Å². The second-order valence-electron chi connectivity index (χ2n) is 9.23. The van der Waals surface area contributed by atoms with Crippen LogP contribution in [-0.4, -0.2) is 43.3 Å². The number of methoxy groups -OCH3 is 1. The lowest BCUT2D eigenvalue weighted by molar-refractivity contribution is -0.132. The molecule has 3 aromatic rings. The van der Waals surface area contributed by atoms with E-state index in [2.05, 4.69) is 0 Å². The van der Waals surface area contributed by atoms with Crippen LogP contribution in [0.4, 0.5) is 0 Å². The van der Waals surface area contributed by atoms with Crippen LogP contribution in [0.15, 0.2) is 77.8 Å². The van der Waals surface area contributed by atoms with E-state index in [1.807, 2.05) is 72.8 Å². The number of rotatable bonds is 7. The minimum Gasteiger partial charge on any atom is -0.485 e. The smallest absolute Gasteiger partial charge is 0.261 e. The Morgan fingerprint density at radius 3 is 2.61 bits per heavy atom. The molecule has 0 fully saturated rings. The van der Waals surface area contributed by atoms with Crippen LogP contribution >= 0.6 is 0 Å². The number of carbonyl (C=O) groups is 2. The number of Topliss-reactive ketones (excluding diaryl/α,β-unsaturated/α-hetero) is 1. The molecule has 2 heterocycles. The molecule has 1 amide bonds. The zero-order valence-corrected chi connectivity index (χ0v) is 20.4. The summed E-state index contributed by atoms with van der Waals surface area (Å²) in [6.07, 6.45) is 1.10. The first-order valence-corrected chi connectivity index (χ1v) is 12.0. The van der Waals surface area contributed by atoms with Gasteiger partial charge in [-0.1, -0.05) is 54.6 Å². The van der Waals surface area contributed by atoms with Gasteiger partial charge in [0.2, 0.25) is 0 Å². The number of ether oxygens (including phenoxy) is 2. The number of ketones is 1. The zero-order chi connectivity index (χ0) is 25.3. The highest BCUT2D eigenvalue weighted by atomic mass is 16.5. The van der Waals surface area contributed by atoms with Crippen molar-refractivity contribution < 1.29 is 19.1 Å². The average Bonchev–Trinajstić information content (AvgIpc) is 3.12. The van der Waals surface area contributed by atoms with Gasteiger partial charge >= 0.3 is 0 Å². The summed E-state index contributed by atoms with van der Waals surface area (Å²) in [5.74, 6) is 0.687. The molecule has 0 saturated heterocycles. The molecule has 0 aliphatic carbocycles. The molecule has 0 radical (unpaired) electrons. The van der Waals surface area contributed by atoms with Crippen LogP contribution < -0.4 is 10.5 Å². The molecule has 3 aromatic carbocycles. The highest BCUT2D eigenvalue weighted by Gasteiger charge is 2.53. The fraction of sp³-hybridized carbons (Fsp3) is 0.276. The Bertz CT molecular complexity index is 1340. The van der Waals surface area contributed by atoms with E-state index in [0.717, 1.165) is 16.7 Å². The first kappa shape index (κ1) is 23.8. The van der Waals surface area contributed by atoms with Gasteiger partial charge in [0.05, 0.1) is 0 Å². The molecule has 7 nitrogen and oxygen atoms in total. The van der Waals surface area contributed by atoms with Crippen LogP contribution in [0.3, 0.4) is 0 Å². The molecule has 0 bridgehead atoms. The van der Waals surface area contributed by atoms with Gasteiger partial charge in [0, 0.05) is 44.7 Å². The minimum absolute atomic E-state index is 0.0716. The largest absolute Gasteiger partial charge is 0.485 e. The Morgan fingerprint density at radius 2 is 1.89 bits per heavy atom. The lowest BCUT2D eigenvalue weighted by Crippen LogP contribution is -2.43. The SMILES string of the molecule is COCCCC(=O)c1cccc(-c2ccc3c(c2)C2(CC(c4ccccc4)O3)N=C(N)N(C)C2=O)c1. The first-order valence-electron chi connectivity index (χ1n) is 12.0. The Hall–Kier alpha value is -3.97. The summed E-state index contributed by atoms with van der Waals surface area (Å²) in [5, 5.41) is 0. The number of hydrogen-bond donors (Lipinski definition) is 1. The molecular formula is C29H29N3O4. The van der Waals surface area contributed by atoms with Crippen molar-refractivity contribution in [2.75, 3.05) is 20.8 Å². The van der Waals surface area contributed by atoms with Crippen molar-refractivity contribution in [3.63, 3.8) is 0 Å². The topological polar surface area (TPSA) is 94.2 Å². The maximum atomic E-state index is 13.6. The Balaban J connectivity index is 1.55. The van der Waals surface area contributed by atoms with E-state index >= 15 is 0 Å². The number of benzene rings is 3. The number of guanidine groups is 1. The van der Waals surface area contributed by atoms with Crippen LogP contribution in [0.1, 0.15) is 46.9 Å². The number of aliphatic imine (C=N–C) groups is 1. The molecule has 1 spiro atoms. The molecule has 0 aromatic heterocycles. The molecule has 2 aliphatic heterocycles. The van der Waals surface area contributed by atoms with Gasteiger partial charge in [-0.25, -0.2) is 4.99 Å². The summed E-state index contributed by atoms with van der Waals surface area (Å²) in [6, 6.07) is 23.1. The minimum atomic E-state index is -1.17. The Morgan fingerprint density at radius 1 is 1.11 bits per heavy atom.